The molecule has 0 aromatic rings. The van der Waals surface area contributed by atoms with Crippen molar-refractivity contribution in [2.24, 2.45) is 10.4 Å². The van der Waals surface area contributed by atoms with Gasteiger partial charge in [-0.2, -0.15) is 0 Å². The van der Waals surface area contributed by atoms with Gasteiger partial charge in [0.2, 0.25) is 0 Å². The molecule has 0 aromatic heterocycles. The quantitative estimate of drug-likeness (QED) is 0.749. The lowest BCUT2D eigenvalue weighted by molar-refractivity contribution is -0.148. The molecule has 2 rings (SSSR count). The fraction of sp³-hybridized carbons (Fsp3) is 0.556. The normalized spacial score (nSPS) is 19.7. The maximum absolute atomic E-state index is 12.0. The van der Waals surface area contributed by atoms with Crippen LogP contribution in [0.15, 0.2) is 40.1 Å². The zero-order valence-corrected chi connectivity index (χ0v) is 14.3. The molecule has 0 N–H and O–H groups in total. The van der Waals surface area contributed by atoms with Gasteiger partial charge in [0.25, 0.3) is 0 Å². The van der Waals surface area contributed by atoms with Crippen molar-refractivity contribution < 1.29 is 9.53 Å². The van der Waals surface area contributed by atoms with Crippen molar-refractivity contribution in [3.63, 3.8) is 0 Å². The molecule has 0 radical (unpaired) electrons. The largest absolute Gasteiger partial charge is 0.425 e. The predicted molar refractivity (Wildman–Crippen MR) is 89.9 cm³/mol. The van der Waals surface area contributed by atoms with E-state index in [9.17, 15) is 4.79 Å². The molecule has 0 amide bonds. The monoisotopic (exact) mass is 302 g/mol. The number of carbonyl (C=O) groups is 1. The summed E-state index contributed by atoms with van der Waals surface area (Å²) in [5.74, 6) is 0.488. The minimum atomic E-state index is -0.488. The van der Waals surface area contributed by atoms with Gasteiger partial charge in [0.1, 0.15) is 5.76 Å². The van der Waals surface area contributed by atoms with E-state index >= 15 is 0 Å². The van der Waals surface area contributed by atoms with E-state index < -0.39 is 5.41 Å². The van der Waals surface area contributed by atoms with Crippen LogP contribution in [0.2, 0.25) is 0 Å². The Labute approximate surface area is 133 Å². The lowest BCUT2D eigenvalue weighted by Gasteiger charge is -2.20. The van der Waals surface area contributed by atoms with Gasteiger partial charge in [-0.15, -0.1) is 0 Å². The maximum Gasteiger partial charge on any atom is 0.316 e. The number of allylic oxidation sites excluding steroid dienone is 4. The first-order valence-corrected chi connectivity index (χ1v) is 7.78. The van der Waals surface area contributed by atoms with Crippen LogP contribution in [0.4, 0.5) is 0 Å². The Kier molecular flexibility index (Phi) is 5.01. The van der Waals surface area contributed by atoms with Crippen LogP contribution in [0.3, 0.4) is 0 Å². The molecule has 0 spiro atoms. The summed E-state index contributed by atoms with van der Waals surface area (Å²) < 4.78 is 5.55. The Morgan fingerprint density at radius 1 is 1.32 bits per heavy atom. The van der Waals surface area contributed by atoms with Crippen LogP contribution in [-0.2, 0) is 9.53 Å². The van der Waals surface area contributed by atoms with Gasteiger partial charge in [0, 0.05) is 30.7 Å². The van der Waals surface area contributed by atoms with Crippen molar-refractivity contribution in [2.45, 2.75) is 33.6 Å². The number of ether oxygens (including phenoxy) is 1. The van der Waals surface area contributed by atoms with E-state index in [0.717, 1.165) is 31.5 Å². The van der Waals surface area contributed by atoms with E-state index in [1.165, 1.54) is 11.3 Å². The Morgan fingerprint density at radius 2 is 2.05 bits per heavy atom. The summed E-state index contributed by atoms with van der Waals surface area (Å²) >= 11 is 0. The Hall–Kier alpha value is -1.68. The van der Waals surface area contributed by atoms with Crippen LogP contribution in [0.1, 0.15) is 33.6 Å². The van der Waals surface area contributed by atoms with Crippen molar-refractivity contribution in [2.75, 3.05) is 27.2 Å². The van der Waals surface area contributed by atoms with Gasteiger partial charge in [0.15, 0.2) is 0 Å². The molecule has 4 nitrogen and oxygen atoms in total. The van der Waals surface area contributed by atoms with Crippen LogP contribution < -0.4 is 0 Å². The number of esters is 1. The minimum absolute atomic E-state index is 0.195. The number of aliphatic imine (C=N–C) groups is 1. The summed E-state index contributed by atoms with van der Waals surface area (Å²) in [5.41, 5.74) is 2.97. The SMILES string of the molecule is CN(C)CCN=C1CC=C2C(=CC=C2OC(=O)C(C)(C)C)C1. The first-order valence-electron chi connectivity index (χ1n) is 7.78. The fourth-order valence-corrected chi connectivity index (χ4v) is 2.28. The van der Waals surface area contributed by atoms with E-state index in [1.54, 1.807) is 0 Å². The lowest BCUT2D eigenvalue weighted by Crippen LogP contribution is -2.23. The molecule has 0 bridgehead atoms. The predicted octanol–water partition coefficient (Wildman–Crippen LogP) is 3.12. The number of likely N-dealkylation sites (N-methyl/N-ethyl adjacent to an activating group) is 1. The molecular weight excluding hydrogens is 276 g/mol. The van der Waals surface area contributed by atoms with Crippen molar-refractivity contribution in [1.29, 1.82) is 0 Å². The second-order valence-corrected chi connectivity index (χ2v) is 7.11. The molecule has 0 heterocycles. The number of hydrogen-bond acceptors (Lipinski definition) is 4. The minimum Gasteiger partial charge on any atom is -0.425 e. The van der Waals surface area contributed by atoms with Gasteiger partial charge in [-0.1, -0.05) is 12.2 Å². The van der Waals surface area contributed by atoms with Gasteiger partial charge in [-0.05, 0) is 46.5 Å². The van der Waals surface area contributed by atoms with Gasteiger partial charge >= 0.3 is 5.97 Å². The highest BCUT2D eigenvalue weighted by atomic mass is 16.5. The van der Waals surface area contributed by atoms with E-state index in [0.29, 0.717) is 5.76 Å². The topological polar surface area (TPSA) is 41.9 Å². The summed E-state index contributed by atoms with van der Waals surface area (Å²) in [6.07, 6.45) is 7.75. The Balaban J connectivity index is 1.98. The van der Waals surface area contributed by atoms with Crippen molar-refractivity contribution in [1.82, 2.24) is 4.90 Å². The summed E-state index contributed by atoms with van der Waals surface area (Å²) in [7, 11) is 4.11. The van der Waals surface area contributed by atoms with Gasteiger partial charge in [-0.25, -0.2) is 0 Å². The molecule has 0 aliphatic heterocycles. The highest BCUT2D eigenvalue weighted by Crippen LogP contribution is 2.35. The van der Waals surface area contributed by atoms with Crippen molar-refractivity contribution in [3.8, 4) is 0 Å². The van der Waals surface area contributed by atoms with Crippen LogP contribution in [-0.4, -0.2) is 43.8 Å². The third-order valence-corrected chi connectivity index (χ3v) is 3.68. The van der Waals surface area contributed by atoms with Crippen molar-refractivity contribution in [3.05, 3.63) is 35.1 Å². The molecular formula is C18H26N2O2. The Bertz CT molecular complexity index is 572. The van der Waals surface area contributed by atoms with E-state index in [1.807, 2.05) is 32.9 Å². The Morgan fingerprint density at radius 3 is 2.68 bits per heavy atom. The summed E-state index contributed by atoms with van der Waals surface area (Å²) in [5, 5.41) is 0. The van der Waals surface area contributed by atoms with Crippen LogP contribution in [0.25, 0.3) is 0 Å². The van der Waals surface area contributed by atoms with Gasteiger partial charge in [0.05, 0.1) is 12.0 Å². The van der Waals surface area contributed by atoms with Crippen LogP contribution in [0.5, 0.6) is 0 Å². The second kappa shape index (κ2) is 6.61. The smallest absolute Gasteiger partial charge is 0.316 e. The third-order valence-electron chi connectivity index (χ3n) is 3.68. The maximum atomic E-state index is 12.0. The average molecular weight is 302 g/mol. The highest BCUT2D eigenvalue weighted by molar-refractivity contribution is 5.92. The van der Waals surface area contributed by atoms with Crippen LogP contribution >= 0.6 is 0 Å². The first kappa shape index (κ1) is 16.7. The molecule has 0 fully saturated rings. The molecule has 4 heteroatoms. The average Bonchev–Trinajstić information content (AvgIpc) is 2.80. The molecule has 120 valence electrons. The van der Waals surface area contributed by atoms with Gasteiger partial charge < -0.3 is 9.64 Å². The number of hydrogen-bond donors (Lipinski definition) is 0. The first-order chi connectivity index (χ1) is 10.3. The standard InChI is InChI=1S/C18H26N2O2/c1-18(2,3)17(21)22-16-9-6-13-12-14(7-8-15(13)16)19-10-11-20(4)5/h6,8-9H,7,10-12H2,1-5H3. The third kappa shape index (κ3) is 4.17. The lowest BCUT2D eigenvalue weighted by atomic mass is 9.93. The number of fused-ring (bicyclic) bond motifs is 1. The number of carbonyl (C=O) groups excluding carboxylic acids is 1. The number of nitrogens with zero attached hydrogens (tertiary/aromatic N) is 2. The van der Waals surface area contributed by atoms with Crippen LogP contribution in [0, 0.1) is 5.41 Å². The molecule has 0 saturated heterocycles. The zero-order valence-electron chi connectivity index (χ0n) is 14.3. The summed E-state index contributed by atoms with van der Waals surface area (Å²) in [6, 6.07) is 0. The van der Waals surface area contributed by atoms with Gasteiger partial charge in [-0.3, -0.25) is 9.79 Å². The zero-order chi connectivity index (χ0) is 16.3. The van der Waals surface area contributed by atoms with E-state index in [4.69, 9.17) is 4.74 Å². The molecule has 2 aliphatic rings. The fourth-order valence-electron chi connectivity index (χ4n) is 2.28. The van der Waals surface area contributed by atoms with Crippen molar-refractivity contribution >= 4 is 11.7 Å². The van der Waals surface area contributed by atoms with E-state index in [2.05, 4.69) is 30.1 Å². The molecule has 22 heavy (non-hydrogen) atoms. The summed E-state index contributed by atoms with van der Waals surface area (Å²) in [4.78, 5) is 18.8. The molecule has 0 saturated carbocycles. The highest BCUT2D eigenvalue weighted by Gasteiger charge is 2.28. The second-order valence-electron chi connectivity index (χ2n) is 7.11. The number of rotatable bonds is 4. The van der Waals surface area contributed by atoms with E-state index in [-0.39, 0.29) is 5.97 Å². The summed E-state index contributed by atoms with van der Waals surface area (Å²) in [6.45, 7) is 7.39. The molecule has 2 aliphatic carbocycles. The molecule has 0 atom stereocenters. The molecule has 0 aromatic carbocycles. The molecule has 0 unspecified atom stereocenters.